The summed E-state index contributed by atoms with van der Waals surface area (Å²) in [7, 11) is 0. The quantitative estimate of drug-likeness (QED) is 0.704. The number of benzene rings is 1. The Kier molecular flexibility index (Phi) is 5.58. The Morgan fingerprint density at radius 3 is 2.78 bits per heavy atom. The minimum Gasteiger partial charge on any atom is -0.383 e. The van der Waals surface area contributed by atoms with Crippen molar-refractivity contribution >= 4 is 38.4 Å². The minimum atomic E-state index is -0.823. The highest BCUT2D eigenvalue weighted by molar-refractivity contribution is 9.10. The van der Waals surface area contributed by atoms with E-state index < -0.39 is 5.60 Å². The Morgan fingerprint density at radius 1 is 1.30 bits per heavy atom. The number of fused-ring (bicyclic) bond motifs is 1. The predicted octanol–water partition coefficient (Wildman–Crippen LogP) is 4.46. The van der Waals surface area contributed by atoms with Crippen LogP contribution in [0.15, 0.2) is 28.9 Å². The van der Waals surface area contributed by atoms with Crippen molar-refractivity contribution in [2.75, 3.05) is 18.5 Å². The second-order valence-electron chi connectivity index (χ2n) is 8.11. The highest BCUT2D eigenvalue weighted by Crippen LogP contribution is 2.35. The monoisotopic (exact) mass is 434 g/mol. The fraction of sp³-hybridized carbons (Fsp3) is 0.571. The third kappa shape index (κ3) is 4.23. The van der Waals surface area contributed by atoms with Gasteiger partial charge in [-0.3, -0.25) is 4.79 Å². The zero-order valence-electron chi connectivity index (χ0n) is 15.5. The molecule has 0 bridgehead atoms. The van der Waals surface area contributed by atoms with E-state index in [4.69, 9.17) is 4.74 Å². The summed E-state index contributed by atoms with van der Waals surface area (Å²) in [6.45, 7) is 1.16. The third-order valence-electron chi connectivity index (χ3n) is 5.84. The molecule has 5 nitrogen and oxygen atoms in total. The van der Waals surface area contributed by atoms with Crippen LogP contribution in [0.4, 0.5) is 5.69 Å². The molecule has 146 valence electrons. The van der Waals surface area contributed by atoms with Gasteiger partial charge in [0.1, 0.15) is 5.60 Å². The molecule has 2 aromatic rings. The summed E-state index contributed by atoms with van der Waals surface area (Å²) in [5, 5.41) is 14.6. The summed E-state index contributed by atoms with van der Waals surface area (Å²) in [6.07, 6.45) is 9.95. The van der Waals surface area contributed by atoms with Crippen LogP contribution in [0.3, 0.4) is 0 Å². The molecule has 1 saturated carbocycles. The number of ether oxygens (including phenoxy) is 1. The van der Waals surface area contributed by atoms with E-state index in [1.165, 1.54) is 32.1 Å². The van der Waals surface area contributed by atoms with Crippen LogP contribution < -0.4 is 5.32 Å². The van der Waals surface area contributed by atoms with Gasteiger partial charge in [0.2, 0.25) is 5.91 Å². The molecular formula is C21H27BrN2O3. The molecule has 2 fully saturated rings. The number of aliphatic hydroxyl groups is 1. The van der Waals surface area contributed by atoms with Gasteiger partial charge < -0.3 is 19.7 Å². The van der Waals surface area contributed by atoms with Crippen LogP contribution in [-0.4, -0.2) is 34.4 Å². The maximum atomic E-state index is 12.6. The fourth-order valence-electron chi connectivity index (χ4n) is 4.30. The van der Waals surface area contributed by atoms with Crippen molar-refractivity contribution in [2.45, 2.75) is 57.1 Å². The van der Waals surface area contributed by atoms with Gasteiger partial charge in [-0.1, -0.05) is 54.1 Å². The normalized spacial score (nSPS) is 19.8. The van der Waals surface area contributed by atoms with Crippen LogP contribution in [0.25, 0.3) is 10.9 Å². The molecule has 2 aliphatic rings. The van der Waals surface area contributed by atoms with Crippen molar-refractivity contribution in [1.82, 2.24) is 4.57 Å². The van der Waals surface area contributed by atoms with Gasteiger partial charge in [0.25, 0.3) is 0 Å². The molecule has 0 spiro atoms. The zero-order chi connectivity index (χ0) is 18.9. The number of nitrogens with zero attached hydrogens (tertiary/aromatic N) is 1. The molecule has 4 rings (SSSR count). The van der Waals surface area contributed by atoms with Gasteiger partial charge in [-0.15, -0.1) is 0 Å². The first-order valence-corrected chi connectivity index (χ1v) is 10.7. The second kappa shape index (κ2) is 7.94. The predicted molar refractivity (Wildman–Crippen MR) is 110 cm³/mol. The second-order valence-corrected chi connectivity index (χ2v) is 8.97. The zero-order valence-corrected chi connectivity index (χ0v) is 17.1. The van der Waals surface area contributed by atoms with E-state index in [1.54, 1.807) is 0 Å². The first-order valence-electron chi connectivity index (χ1n) is 9.91. The lowest BCUT2D eigenvalue weighted by molar-refractivity contribution is -0.184. The van der Waals surface area contributed by atoms with E-state index in [-0.39, 0.29) is 5.91 Å². The first-order chi connectivity index (χ1) is 13.0. The molecule has 1 aliphatic heterocycles. The van der Waals surface area contributed by atoms with Gasteiger partial charge in [-0.2, -0.15) is 0 Å². The smallest absolute Gasteiger partial charge is 0.224 e. The summed E-state index contributed by atoms with van der Waals surface area (Å²) in [6, 6.07) is 5.96. The van der Waals surface area contributed by atoms with E-state index in [0.29, 0.717) is 32.1 Å². The van der Waals surface area contributed by atoms with Crippen molar-refractivity contribution in [3.63, 3.8) is 0 Å². The molecule has 0 radical (unpaired) electrons. The summed E-state index contributed by atoms with van der Waals surface area (Å²) in [4.78, 5) is 12.6. The molecule has 27 heavy (non-hydrogen) atoms. The summed E-state index contributed by atoms with van der Waals surface area (Å²) < 4.78 is 8.12. The number of rotatable bonds is 6. The highest BCUT2D eigenvalue weighted by atomic mass is 79.9. The topological polar surface area (TPSA) is 63.5 Å². The molecule has 2 heterocycles. The Labute approximate surface area is 168 Å². The maximum absolute atomic E-state index is 12.6. The van der Waals surface area contributed by atoms with Gasteiger partial charge in [-0.05, 0) is 24.5 Å². The standard InChI is InChI=1S/C21H27BrN2O3/c22-16-7-4-8-18-20(16)17(11-24(18)12-21(26)13-27-14-21)23-19(25)10-9-15-5-2-1-3-6-15/h4,7-8,11,15,26H,1-3,5-6,9-10,12-14H2,(H,23,25). The van der Waals surface area contributed by atoms with Crippen LogP contribution in [-0.2, 0) is 16.1 Å². The number of hydrogen-bond acceptors (Lipinski definition) is 3. The molecule has 0 atom stereocenters. The van der Waals surface area contributed by atoms with E-state index in [0.717, 1.165) is 27.5 Å². The molecule has 6 heteroatoms. The molecule has 1 saturated heterocycles. The van der Waals surface area contributed by atoms with Crippen LogP contribution in [0.1, 0.15) is 44.9 Å². The van der Waals surface area contributed by atoms with Gasteiger partial charge in [0.05, 0.1) is 31.0 Å². The summed E-state index contributed by atoms with van der Waals surface area (Å²) in [5.74, 6) is 0.770. The number of nitrogens with one attached hydrogen (secondary N) is 1. The Hall–Kier alpha value is -1.37. The molecule has 0 unspecified atom stereocenters. The van der Waals surface area contributed by atoms with Crippen LogP contribution >= 0.6 is 15.9 Å². The maximum Gasteiger partial charge on any atom is 0.224 e. The molecule has 1 aromatic carbocycles. The fourth-order valence-corrected chi connectivity index (χ4v) is 4.87. The number of anilines is 1. The summed E-state index contributed by atoms with van der Waals surface area (Å²) >= 11 is 3.61. The van der Waals surface area contributed by atoms with Gasteiger partial charge in [-0.25, -0.2) is 0 Å². The van der Waals surface area contributed by atoms with Crippen molar-refractivity contribution < 1.29 is 14.6 Å². The lowest BCUT2D eigenvalue weighted by Gasteiger charge is -2.36. The lowest BCUT2D eigenvalue weighted by Crippen LogP contribution is -2.52. The number of amides is 1. The Bertz CT molecular complexity index is 822. The largest absolute Gasteiger partial charge is 0.383 e. The lowest BCUT2D eigenvalue weighted by atomic mass is 9.86. The number of carbonyl (C=O) groups is 1. The number of carbonyl (C=O) groups excluding carboxylic acids is 1. The van der Waals surface area contributed by atoms with Crippen LogP contribution in [0.5, 0.6) is 0 Å². The average molecular weight is 435 g/mol. The molecule has 1 aromatic heterocycles. The van der Waals surface area contributed by atoms with Gasteiger partial charge >= 0.3 is 0 Å². The molecular weight excluding hydrogens is 408 g/mol. The molecule has 1 amide bonds. The van der Waals surface area contributed by atoms with Crippen molar-refractivity contribution in [3.8, 4) is 0 Å². The van der Waals surface area contributed by atoms with Crippen molar-refractivity contribution in [3.05, 3.63) is 28.9 Å². The average Bonchev–Trinajstić information content (AvgIpc) is 2.98. The minimum absolute atomic E-state index is 0.0704. The van der Waals surface area contributed by atoms with Gasteiger partial charge in [0.15, 0.2) is 0 Å². The first kappa shape index (κ1) is 19.0. The van der Waals surface area contributed by atoms with E-state index in [1.807, 2.05) is 29.0 Å². The molecule has 2 N–H and O–H groups in total. The SMILES string of the molecule is O=C(CCC1CCCCC1)Nc1cn(CC2(O)COC2)c2cccc(Br)c12. The molecule has 1 aliphatic carbocycles. The van der Waals surface area contributed by atoms with Gasteiger partial charge in [0, 0.05) is 22.5 Å². The summed E-state index contributed by atoms with van der Waals surface area (Å²) in [5.41, 5.74) is 0.971. The van der Waals surface area contributed by atoms with E-state index in [9.17, 15) is 9.90 Å². The third-order valence-corrected chi connectivity index (χ3v) is 6.50. The van der Waals surface area contributed by atoms with E-state index >= 15 is 0 Å². The van der Waals surface area contributed by atoms with Crippen molar-refractivity contribution in [2.24, 2.45) is 5.92 Å². The van der Waals surface area contributed by atoms with Crippen LogP contribution in [0.2, 0.25) is 0 Å². The highest BCUT2D eigenvalue weighted by Gasteiger charge is 2.37. The number of halogens is 1. The van der Waals surface area contributed by atoms with E-state index in [2.05, 4.69) is 21.2 Å². The number of aromatic nitrogens is 1. The van der Waals surface area contributed by atoms with Crippen LogP contribution in [0, 0.1) is 5.92 Å². The van der Waals surface area contributed by atoms with Crippen molar-refractivity contribution in [1.29, 1.82) is 0 Å². The Morgan fingerprint density at radius 2 is 2.07 bits per heavy atom. The number of hydrogen-bond donors (Lipinski definition) is 2. The Balaban J connectivity index is 1.49.